The van der Waals surface area contributed by atoms with Crippen molar-refractivity contribution in [3.05, 3.63) is 46.5 Å². The summed E-state index contributed by atoms with van der Waals surface area (Å²) < 4.78 is 0. The summed E-state index contributed by atoms with van der Waals surface area (Å²) >= 11 is 5.86. The highest BCUT2D eigenvalue weighted by molar-refractivity contribution is 6.25. The van der Waals surface area contributed by atoms with Crippen LogP contribution in [-0.2, 0) is 0 Å². The molecule has 0 aliphatic heterocycles. The Bertz CT molecular complexity index is 394. The number of rotatable bonds is 2. The third-order valence-electron chi connectivity index (χ3n) is 3.65. The van der Waals surface area contributed by atoms with Crippen molar-refractivity contribution in [2.45, 2.75) is 38.7 Å². The van der Waals surface area contributed by atoms with E-state index in [4.69, 9.17) is 11.6 Å². The Balaban J connectivity index is 2.18. The quantitative estimate of drug-likeness (QED) is 0.828. The van der Waals surface area contributed by atoms with Gasteiger partial charge < -0.3 is 5.11 Å². The predicted molar refractivity (Wildman–Crippen MR) is 72.0 cm³/mol. The van der Waals surface area contributed by atoms with Crippen LogP contribution in [0.15, 0.2) is 35.4 Å². The number of aliphatic hydroxyl groups is 1. The third-order valence-corrected chi connectivity index (χ3v) is 3.93. The Morgan fingerprint density at radius 1 is 1.29 bits per heavy atom. The Kier molecular flexibility index (Phi) is 4.25. The summed E-state index contributed by atoms with van der Waals surface area (Å²) in [5.74, 6) is 0.198. The van der Waals surface area contributed by atoms with Gasteiger partial charge in [0.1, 0.15) is 0 Å². The molecule has 1 aliphatic carbocycles. The second-order valence-corrected chi connectivity index (χ2v) is 5.11. The second kappa shape index (κ2) is 5.70. The fraction of sp³-hybridized carbons (Fsp3) is 0.467. The predicted octanol–water partition coefficient (Wildman–Crippen LogP) is 4.34. The maximum Gasteiger partial charge on any atom is 0.0855 e. The summed E-state index contributed by atoms with van der Waals surface area (Å²) in [6.07, 6.45) is 4.02. The van der Waals surface area contributed by atoms with Gasteiger partial charge in [-0.1, -0.05) is 53.4 Å². The minimum absolute atomic E-state index is 0.198. The zero-order chi connectivity index (χ0) is 12.3. The van der Waals surface area contributed by atoms with E-state index >= 15 is 0 Å². The van der Waals surface area contributed by atoms with E-state index < -0.39 is 6.10 Å². The first-order valence-corrected chi connectivity index (χ1v) is 6.70. The molecule has 0 aromatic heterocycles. The molecule has 2 heteroatoms. The summed E-state index contributed by atoms with van der Waals surface area (Å²) in [7, 11) is 0. The zero-order valence-corrected chi connectivity index (χ0v) is 11.0. The van der Waals surface area contributed by atoms with Crippen molar-refractivity contribution in [2.75, 3.05) is 0 Å². The van der Waals surface area contributed by atoms with Crippen LogP contribution in [0.25, 0.3) is 0 Å². The fourth-order valence-electron chi connectivity index (χ4n) is 2.56. The van der Waals surface area contributed by atoms with Crippen LogP contribution in [0.2, 0.25) is 0 Å². The van der Waals surface area contributed by atoms with Gasteiger partial charge in [-0.15, -0.1) is 0 Å². The summed E-state index contributed by atoms with van der Waals surface area (Å²) in [6.45, 7) is 2.06. The van der Waals surface area contributed by atoms with Crippen LogP contribution in [0.3, 0.4) is 0 Å². The first-order chi connectivity index (χ1) is 8.22. The standard InChI is InChI=1S/C15H19ClO/c1-11-6-8-12(9-7-11)15(17)14-5-3-2-4-13(14)10-16/h6-10,14-15,17H,2-5H2,1H3/b13-10-/t14-,15+/m0/s1. The molecule has 0 saturated heterocycles. The lowest BCUT2D eigenvalue weighted by Gasteiger charge is -2.29. The fourth-order valence-corrected chi connectivity index (χ4v) is 2.83. The van der Waals surface area contributed by atoms with Gasteiger partial charge in [0.25, 0.3) is 0 Å². The Morgan fingerprint density at radius 2 is 2.00 bits per heavy atom. The largest absolute Gasteiger partial charge is 0.388 e. The lowest BCUT2D eigenvalue weighted by molar-refractivity contribution is 0.112. The molecule has 1 fully saturated rings. The minimum Gasteiger partial charge on any atom is -0.388 e. The van der Waals surface area contributed by atoms with E-state index in [-0.39, 0.29) is 5.92 Å². The lowest BCUT2D eigenvalue weighted by atomic mass is 9.79. The van der Waals surface area contributed by atoms with E-state index in [1.54, 1.807) is 5.54 Å². The molecule has 1 saturated carbocycles. The molecule has 1 nitrogen and oxygen atoms in total. The normalized spacial score (nSPS) is 24.9. The van der Waals surface area contributed by atoms with Crippen LogP contribution in [-0.4, -0.2) is 5.11 Å². The first kappa shape index (κ1) is 12.7. The molecular weight excluding hydrogens is 232 g/mol. The van der Waals surface area contributed by atoms with Crippen molar-refractivity contribution < 1.29 is 5.11 Å². The molecule has 1 aromatic carbocycles. The van der Waals surface area contributed by atoms with Crippen molar-refractivity contribution in [1.29, 1.82) is 0 Å². The summed E-state index contributed by atoms with van der Waals surface area (Å²) in [5.41, 5.74) is 5.09. The number of aliphatic hydroxyl groups excluding tert-OH is 1. The van der Waals surface area contributed by atoms with Crippen LogP contribution in [0.4, 0.5) is 0 Å². The van der Waals surface area contributed by atoms with Crippen molar-refractivity contribution in [1.82, 2.24) is 0 Å². The average molecular weight is 251 g/mol. The minimum atomic E-state index is -0.416. The van der Waals surface area contributed by atoms with Gasteiger partial charge in [0, 0.05) is 11.5 Å². The van der Waals surface area contributed by atoms with Crippen molar-refractivity contribution in [3.63, 3.8) is 0 Å². The smallest absolute Gasteiger partial charge is 0.0855 e. The SMILES string of the molecule is Cc1ccc([C@@H](O)[C@H]2CCCC/C2=C/Cl)cc1. The van der Waals surface area contributed by atoms with Gasteiger partial charge in [0.15, 0.2) is 0 Å². The molecular formula is C15H19ClO. The summed E-state index contributed by atoms with van der Waals surface area (Å²) in [4.78, 5) is 0. The molecule has 0 spiro atoms. The van der Waals surface area contributed by atoms with Crippen LogP contribution in [0.1, 0.15) is 42.9 Å². The van der Waals surface area contributed by atoms with Crippen molar-refractivity contribution >= 4 is 11.6 Å². The maximum absolute atomic E-state index is 10.4. The molecule has 0 radical (unpaired) electrons. The Hall–Kier alpha value is -0.790. The molecule has 1 aromatic rings. The number of halogens is 1. The molecule has 0 unspecified atom stereocenters. The Morgan fingerprint density at radius 3 is 2.65 bits per heavy atom. The summed E-state index contributed by atoms with van der Waals surface area (Å²) in [5, 5.41) is 10.4. The highest BCUT2D eigenvalue weighted by Crippen LogP contribution is 2.38. The van der Waals surface area contributed by atoms with E-state index in [0.29, 0.717) is 0 Å². The van der Waals surface area contributed by atoms with Crippen LogP contribution in [0, 0.1) is 12.8 Å². The molecule has 17 heavy (non-hydrogen) atoms. The van der Waals surface area contributed by atoms with E-state index in [1.165, 1.54) is 24.0 Å². The second-order valence-electron chi connectivity index (χ2n) is 4.89. The van der Waals surface area contributed by atoms with Gasteiger partial charge in [-0.05, 0) is 31.7 Å². The monoisotopic (exact) mass is 250 g/mol. The number of hydrogen-bond donors (Lipinski definition) is 1. The number of benzene rings is 1. The maximum atomic E-state index is 10.4. The first-order valence-electron chi connectivity index (χ1n) is 6.26. The zero-order valence-electron chi connectivity index (χ0n) is 10.2. The molecule has 2 rings (SSSR count). The average Bonchev–Trinajstić information content (AvgIpc) is 2.39. The molecule has 0 heterocycles. The third kappa shape index (κ3) is 2.91. The van der Waals surface area contributed by atoms with Gasteiger partial charge in [-0.3, -0.25) is 0 Å². The van der Waals surface area contributed by atoms with Gasteiger partial charge in [-0.25, -0.2) is 0 Å². The van der Waals surface area contributed by atoms with Crippen LogP contribution < -0.4 is 0 Å². The molecule has 0 bridgehead atoms. The van der Waals surface area contributed by atoms with Crippen LogP contribution >= 0.6 is 11.6 Å². The molecule has 92 valence electrons. The van der Waals surface area contributed by atoms with E-state index in [1.807, 2.05) is 24.3 Å². The molecule has 2 atom stereocenters. The number of aryl methyl sites for hydroxylation is 1. The molecule has 0 amide bonds. The van der Waals surface area contributed by atoms with Crippen LogP contribution in [0.5, 0.6) is 0 Å². The highest BCUT2D eigenvalue weighted by atomic mass is 35.5. The van der Waals surface area contributed by atoms with E-state index in [9.17, 15) is 5.11 Å². The number of hydrogen-bond acceptors (Lipinski definition) is 1. The topological polar surface area (TPSA) is 20.2 Å². The van der Waals surface area contributed by atoms with Gasteiger partial charge in [-0.2, -0.15) is 0 Å². The van der Waals surface area contributed by atoms with E-state index in [2.05, 4.69) is 6.92 Å². The lowest BCUT2D eigenvalue weighted by Crippen LogP contribution is -2.18. The highest BCUT2D eigenvalue weighted by Gasteiger charge is 2.26. The van der Waals surface area contributed by atoms with Gasteiger partial charge in [0.2, 0.25) is 0 Å². The van der Waals surface area contributed by atoms with Crippen molar-refractivity contribution in [2.24, 2.45) is 5.92 Å². The van der Waals surface area contributed by atoms with E-state index in [0.717, 1.165) is 18.4 Å². The Labute approximate surface area is 108 Å². The summed E-state index contributed by atoms with van der Waals surface area (Å²) in [6, 6.07) is 8.12. The van der Waals surface area contributed by atoms with Gasteiger partial charge in [0.05, 0.1) is 6.10 Å². The molecule has 1 aliphatic rings. The molecule has 1 N–H and O–H groups in total. The van der Waals surface area contributed by atoms with Gasteiger partial charge >= 0.3 is 0 Å². The van der Waals surface area contributed by atoms with Crippen molar-refractivity contribution in [3.8, 4) is 0 Å².